The van der Waals surface area contributed by atoms with Gasteiger partial charge in [-0.1, -0.05) is 0 Å². The predicted octanol–water partition coefficient (Wildman–Crippen LogP) is -0.0426. The van der Waals surface area contributed by atoms with Crippen LogP contribution < -0.4 is 5.11 Å². The zero-order valence-electron chi connectivity index (χ0n) is 9.91. The summed E-state index contributed by atoms with van der Waals surface area (Å²) in [4.78, 5) is 8.89. The Bertz CT molecular complexity index is 141. The van der Waals surface area contributed by atoms with Crippen molar-refractivity contribution in [3.05, 3.63) is 0 Å². The molecule has 0 saturated carbocycles. The number of hydrogen-bond acceptors (Lipinski definition) is 3. The standard InChI is InChI=1S/C8H20NO.C2H4O2/c1-5-9(6-2,7-3)8(4)10;1-2(3)4/h8,10H,5-7H2,1-4H3;1H3,(H,3,4)/q+1;/p-1. The summed E-state index contributed by atoms with van der Waals surface area (Å²) >= 11 is 0. The highest BCUT2D eigenvalue weighted by Crippen LogP contribution is 2.09. The van der Waals surface area contributed by atoms with E-state index in [-0.39, 0.29) is 6.23 Å². The summed E-state index contributed by atoms with van der Waals surface area (Å²) in [5.74, 6) is -1.08. The molecule has 0 rings (SSSR count). The first-order valence-corrected chi connectivity index (χ1v) is 5.07. The third kappa shape index (κ3) is 5.94. The van der Waals surface area contributed by atoms with Gasteiger partial charge in [-0.05, 0) is 27.7 Å². The zero-order valence-corrected chi connectivity index (χ0v) is 9.91. The third-order valence-electron chi connectivity index (χ3n) is 2.68. The molecule has 1 atom stereocenters. The number of aliphatic carboxylic acids is 1. The van der Waals surface area contributed by atoms with Gasteiger partial charge in [0, 0.05) is 12.9 Å². The molecule has 0 fully saturated rings. The molecule has 0 aliphatic rings. The number of carbonyl (C=O) groups is 1. The molecular formula is C10H23NO3. The lowest BCUT2D eigenvalue weighted by atomic mass is 10.3. The lowest BCUT2D eigenvalue weighted by Crippen LogP contribution is -2.53. The van der Waals surface area contributed by atoms with E-state index in [4.69, 9.17) is 9.90 Å². The molecule has 14 heavy (non-hydrogen) atoms. The van der Waals surface area contributed by atoms with E-state index in [1.807, 2.05) is 6.92 Å². The van der Waals surface area contributed by atoms with Crippen molar-refractivity contribution in [1.29, 1.82) is 0 Å². The molecular weight excluding hydrogens is 182 g/mol. The second kappa shape index (κ2) is 7.76. The van der Waals surface area contributed by atoms with Crippen molar-refractivity contribution in [2.75, 3.05) is 19.6 Å². The average Bonchev–Trinajstić information content (AvgIpc) is 2.07. The van der Waals surface area contributed by atoms with Gasteiger partial charge in [-0.2, -0.15) is 0 Å². The van der Waals surface area contributed by atoms with Crippen molar-refractivity contribution in [2.45, 2.75) is 40.8 Å². The van der Waals surface area contributed by atoms with Crippen LogP contribution in [0.15, 0.2) is 0 Å². The van der Waals surface area contributed by atoms with E-state index in [0.29, 0.717) is 0 Å². The van der Waals surface area contributed by atoms with Crippen LogP contribution in [-0.4, -0.2) is 41.4 Å². The zero-order chi connectivity index (χ0) is 11.8. The molecule has 4 nitrogen and oxygen atoms in total. The van der Waals surface area contributed by atoms with Crippen molar-refractivity contribution in [3.63, 3.8) is 0 Å². The maximum atomic E-state index is 9.43. The topological polar surface area (TPSA) is 60.4 Å². The Labute approximate surface area is 86.7 Å². The lowest BCUT2D eigenvalue weighted by Gasteiger charge is -2.38. The van der Waals surface area contributed by atoms with E-state index in [1.54, 1.807) is 0 Å². The lowest BCUT2D eigenvalue weighted by molar-refractivity contribution is -0.964. The summed E-state index contributed by atoms with van der Waals surface area (Å²) in [5.41, 5.74) is 0. The van der Waals surface area contributed by atoms with E-state index in [2.05, 4.69) is 20.8 Å². The molecule has 1 N–H and O–H groups in total. The largest absolute Gasteiger partial charge is 0.550 e. The van der Waals surface area contributed by atoms with Crippen LogP contribution in [0.4, 0.5) is 0 Å². The highest BCUT2D eigenvalue weighted by molar-refractivity contribution is 5.60. The summed E-state index contributed by atoms with van der Waals surface area (Å²) in [5, 5.41) is 18.3. The van der Waals surface area contributed by atoms with Crippen LogP contribution in [0.5, 0.6) is 0 Å². The Morgan fingerprint density at radius 2 is 1.50 bits per heavy atom. The van der Waals surface area contributed by atoms with Crippen LogP contribution in [0.3, 0.4) is 0 Å². The van der Waals surface area contributed by atoms with Gasteiger partial charge in [0.1, 0.15) is 0 Å². The van der Waals surface area contributed by atoms with E-state index >= 15 is 0 Å². The number of rotatable bonds is 4. The van der Waals surface area contributed by atoms with E-state index in [1.165, 1.54) is 0 Å². The molecule has 0 aromatic heterocycles. The summed E-state index contributed by atoms with van der Waals surface area (Å²) in [6, 6.07) is 0. The predicted molar refractivity (Wildman–Crippen MR) is 54.2 cm³/mol. The maximum Gasteiger partial charge on any atom is 0.187 e. The number of carboxylic acids is 1. The Morgan fingerprint density at radius 1 is 1.29 bits per heavy atom. The molecule has 0 aromatic rings. The first-order chi connectivity index (χ1) is 6.36. The molecule has 0 aliphatic carbocycles. The van der Waals surface area contributed by atoms with Gasteiger partial charge in [0.15, 0.2) is 6.23 Å². The number of carbonyl (C=O) groups excluding carboxylic acids is 1. The Morgan fingerprint density at radius 3 is 1.50 bits per heavy atom. The number of nitrogens with zero attached hydrogens (tertiary/aromatic N) is 1. The van der Waals surface area contributed by atoms with Crippen molar-refractivity contribution in [2.24, 2.45) is 0 Å². The minimum absolute atomic E-state index is 0.222. The highest BCUT2D eigenvalue weighted by Gasteiger charge is 2.25. The first kappa shape index (κ1) is 15.8. The molecule has 1 unspecified atom stereocenters. The molecule has 0 heterocycles. The van der Waals surface area contributed by atoms with Crippen LogP contribution >= 0.6 is 0 Å². The van der Waals surface area contributed by atoms with E-state index in [9.17, 15) is 5.11 Å². The molecule has 0 aromatic carbocycles. The van der Waals surface area contributed by atoms with Gasteiger partial charge in [0.05, 0.1) is 19.6 Å². The monoisotopic (exact) mass is 205 g/mol. The summed E-state index contributed by atoms with van der Waals surface area (Å²) < 4.78 is 0.819. The quantitative estimate of drug-likeness (QED) is 0.517. The third-order valence-corrected chi connectivity index (χ3v) is 2.68. The van der Waals surface area contributed by atoms with Crippen LogP contribution in [-0.2, 0) is 4.79 Å². The Balaban J connectivity index is 0. The number of aliphatic hydroxyl groups excluding tert-OH is 1. The molecule has 86 valence electrons. The van der Waals surface area contributed by atoms with E-state index < -0.39 is 5.97 Å². The number of carboxylic acid groups (broad SMARTS) is 1. The van der Waals surface area contributed by atoms with Crippen LogP contribution in [0.25, 0.3) is 0 Å². The molecule has 0 aliphatic heterocycles. The summed E-state index contributed by atoms with van der Waals surface area (Å²) in [7, 11) is 0. The van der Waals surface area contributed by atoms with Crippen molar-refractivity contribution in [3.8, 4) is 0 Å². The minimum atomic E-state index is -1.08. The fraction of sp³-hybridized carbons (Fsp3) is 0.900. The Hall–Kier alpha value is -0.610. The van der Waals surface area contributed by atoms with Gasteiger partial charge in [0.2, 0.25) is 0 Å². The van der Waals surface area contributed by atoms with Crippen molar-refractivity contribution < 1.29 is 19.5 Å². The van der Waals surface area contributed by atoms with Gasteiger partial charge in [0.25, 0.3) is 0 Å². The van der Waals surface area contributed by atoms with Crippen LogP contribution in [0, 0.1) is 0 Å². The molecule has 4 heteroatoms. The molecule has 0 spiro atoms. The van der Waals surface area contributed by atoms with Crippen molar-refractivity contribution in [1.82, 2.24) is 0 Å². The van der Waals surface area contributed by atoms with Gasteiger partial charge in [-0.15, -0.1) is 0 Å². The second-order valence-electron chi connectivity index (χ2n) is 3.29. The summed E-state index contributed by atoms with van der Waals surface area (Å²) in [6.45, 7) is 12.3. The Kier molecular flexibility index (Phi) is 8.79. The molecule has 0 saturated heterocycles. The van der Waals surface area contributed by atoms with Crippen LogP contribution in [0.1, 0.15) is 34.6 Å². The average molecular weight is 205 g/mol. The number of quaternary nitrogens is 1. The number of hydrogen-bond donors (Lipinski definition) is 1. The minimum Gasteiger partial charge on any atom is -0.550 e. The SMILES string of the molecule is CC(=O)[O-].CC[N+](CC)(CC)C(C)O. The van der Waals surface area contributed by atoms with Crippen molar-refractivity contribution >= 4 is 5.97 Å². The van der Waals surface area contributed by atoms with Crippen LogP contribution in [0.2, 0.25) is 0 Å². The maximum absolute atomic E-state index is 9.43. The summed E-state index contributed by atoms with van der Waals surface area (Å²) in [6.07, 6.45) is -0.222. The second-order valence-corrected chi connectivity index (χ2v) is 3.29. The fourth-order valence-electron chi connectivity index (χ4n) is 1.46. The highest BCUT2D eigenvalue weighted by atomic mass is 16.4. The van der Waals surface area contributed by atoms with Gasteiger partial charge < -0.3 is 15.0 Å². The molecule has 0 amide bonds. The first-order valence-electron chi connectivity index (χ1n) is 5.07. The fourth-order valence-corrected chi connectivity index (χ4v) is 1.46. The molecule has 0 radical (unpaired) electrons. The van der Waals surface area contributed by atoms with Gasteiger partial charge >= 0.3 is 0 Å². The number of aliphatic hydroxyl groups is 1. The smallest absolute Gasteiger partial charge is 0.187 e. The van der Waals surface area contributed by atoms with E-state index in [0.717, 1.165) is 31.0 Å². The van der Waals surface area contributed by atoms with Gasteiger partial charge in [-0.3, -0.25) is 4.48 Å². The molecule has 0 bridgehead atoms. The van der Waals surface area contributed by atoms with Gasteiger partial charge in [-0.25, -0.2) is 0 Å². The normalized spacial score (nSPS) is 12.7.